The number of nitrogens with zero attached hydrogens (tertiary/aromatic N) is 1. The molecule has 1 aromatic rings. The molecule has 2 fully saturated rings. The van der Waals surface area contributed by atoms with Crippen molar-refractivity contribution < 1.29 is 8.42 Å². The van der Waals surface area contributed by atoms with Crippen LogP contribution >= 0.6 is 11.3 Å². The molecule has 2 unspecified atom stereocenters. The fraction of sp³-hybridized carbons (Fsp3) is 0.667. The van der Waals surface area contributed by atoms with E-state index in [-0.39, 0.29) is 6.04 Å². The molecule has 1 aromatic heterocycles. The van der Waals surface area contributed by atoms with Crippen LogP contribution in [0.5, 0.6) is 0 Å². The monoisotopic (exact) mass is 286 g/mol. The highest BCUT2D eigenvalue weighted by molar-refractivity contribution is 7.89. The lowest BCUT2D eigenvalue weighted by Gasteiger charge is -2.26. The maximum Gasteiger partial charge on any atom is 0.244 e. The standard InChI is InChI=1S/C12H18N2O2S2/c1-8-7-17-11(5-13)12(8)18(15,16)14-6-9-2-3-10(14)4-9/h7,9-10H,2-6,13H2,1H3. The van der Waals surface area contributed by atoms with Gasteiger partial charge in [-0.15, -0.1) is 11.3 Å². The maximum atomic E-state index is 12.8. The Morgan fingerprint density at radius 2 is 2.28 bits per heavy atom. The van der Waals surface area contributed by atoms with Crippen LogP contribution in [0.15, 0.2) is 10.3 Å². The zero-order chi connectivity index (χ0) is 12.9. The Labute approximate surface area is 112 Å². The summed E-state index contributed by atoms with van der Waals surface area (Å²) in [5, 5.41) is 1.89. The molecule has 100 valence electrons. The summed E-state index contributed by atoms with van der Waals surface area (Å²) in [5.74, 6) is 0.574. The minimum absolute atomic E-state index is 0.227. The van der Waals surface area contributed by atoms with E-state index in [1.807, 2.05) is 12.3 Å². The van der Waals surface area contributed by atoms with Gasteiger partial charge in [0, 0.05) is 24.0 Å². The van der Waals surface area contributed by atoms with Gasteiger partial charge >= 0.3 is 0 Å². The highest BCUT2D eigenvalue weighted by atomic mass is 32.2. The minimum Gasteiger partial charge on any atom is -0.326 e. The van der Waals surface area contributed by atoms with Gasteiger partial charge in [0.15, 0.2) is 0 Å². The predicted octanol–water partition coefficient (Wildman–Crippen LogP) is 1.69. The van der Waals surface area contributed by atoms with Crippen molar-refractivity contribution in [1.82, 2.24) is 4.31 Å². The lowest BCUT2D eigenvalue weighted by atomic mass is 10.1. The first kappa shape index (κ1) is 12.6. The molecular formula is C12H18N2O2S2. The average Bonchev–Trinajstić information content (AvgIpc) is 3.02. The van der Waals surface area contributed by atoms with Gasteiger partial charge in [-0.2, -0.15) is 4.31 Å². The summed E-state index contributed by atoms with van der Waals surface area (Å²) in [6, 6.07) is 0.227. The van der Waals surface area contributed by atoms with Crippen LogP contribution in [0.25, 0.3) is 0 Å². The Morgan fingerprint density at radius 3 is 2.83 bits per heavy atom. The SMILES string of the molecule is Cc1csc(CN)c1S(=O)(=O)N1CC2CCC1C2. The maximum absolute atomic E-state index is 12.8. The van der Waals surface area contributed by atoms with Crippen molar-refractivity contribution in [2.75, 3.05) is 6.54 Å². The first-order chi connectivity index (χ1) is 8.54. The molecule has 1 aliphatic carbocycles. The van der Waals surface area contributed by atoms with Crippen molar-refractivity contribution in [3.8, 4) is 0 Å². The largest absolute Gasteiger partial charge is 0.326 e. The molecule has 2 atom stereocenters. The zero-order valence-electron chi connectivity index (χ0n) is 10.4. The Bertz CT molecular complexity index is 565. The molecule has 2 heterocycles. The third-order valence-corrected chi connectivity index (χ3v) is 7.51. The molecule has 0 spiro atoms. The van der Waals surface area contributed by atoms with Gasteiger partial charge in [-0.3, -0.25) is 0 Å². The summed E-state index contributed by atoms with van der Waals surface area (Å²) in [6.45, 7) is 2.86. The summed E-state index contributed by atoms with van der Waals surface area (Å²) >= 11 is 1.45. The summed E-state index contributed by atoms with van der Waals surface area (Å²) in [4.78, 5) is 1.26. The Morgan fingerprint density at radius 1 is 1.50 bits per heavy atom. The van der Waals surface area contributed by atoms with Crippen LogP contribution in [0.3, 0.4) is 0 Å². The van der Waals surface area contributed by atoms with Gasteiger partial charge in [-0.25, -0.2) is 8.42 Å². The third kappa shape index (κ3) is 1.74. The number of sulfonamides is 1. The van der Waals surface area contributed by atoms with Crippen LogP contribution in [0.2, 0.25) is 0 Å². The quantitative estimate of drug-likeness (QED) is 0.919. The van der Waals surface area contributed by atoms with Crippen molar-refractivity contribution in [2.24, 2.45) is 11.7 Å². The van der Waals surface area contributed by atoms with Crippen LogP contribution < -0.4 is 5.73 Å². The summed E-state index contributed by atoms with van der Waals surface area (Å²) < 4.78 is 27.2. The van der Waals surface area contributed by atoms with E-state index in [2.05, 4.69) is 0 Å². The van der Waals surface area contributed by atoms with E-state index >= 15 is 0 Å². The van der Waals surface area contributed by atoms with E-state index < -0.39 is 10.0 Å². The molecule has 2 N–H and O–H groups in total. The lowest BCUT2D eigenvalue weighted by molar-refractivity contribution is 0.333. The predicted molar refractivity (Wildman–Crippen MR) is 72.0 cm³/mol. The van der Waals surface area contributed by atoms with Gasteiger partial charge in [0.05, 0.1) is 0 Å². The van der Waals surface area contributed by atoms with Gasteiger partial charge in [-0.1, -0.05) is 0 Å². The molecule has 1 saturated carbocycles. The van der Waals surface area contributed by atoms with Crippen LogP contribution in [0.4, 0.5) is 0 Å². The average molecular weight is 286 g/mol. The van der Waals surface area contributed by atoms with E-state index in [4.69, 9.17) is 5.73 Å². The van der Waals surface area contributed by atoms with Gasteiger partial charge in [0.25, 0.3) is 0 Å². The molecule has 0 radical (unpaired) electrons. The molecule has 6 heteroatoms. The van der Waals surface area contributed by atoms with Crippen LogP contribution in [-0.2, 0) is 16.6 Å². The Hall–Kier alpha value is -0.430. The summed E-state index contributed by atoms with van der Waals surface area (Å²) in [7, 11) is -3.34. The van der Waals surface area contributed by atoms with E-state index in [0.29, 0.717) is 23.9 Å². The van der Waals surface area contributed by atoms with Crippen molar-refractivity contribution >= 4 is 21.4 Å². The zero-order valence-corrected chi connectivity index (χ0v) is 12.1. The van der Waals surface area contributed by atoms with E-state index in [1.54, 1.807) is 4.31 Å². The first-order valence-corrected chi connectivity index (χ1v) is 8.65. The molecule has 0 amide bonds. The molecule has 0 aromatic carbocycles. The second kappa shape index (κ2) is 4.30. The number of nitrogens with two attached hydrogens (primary N) is 1. The molecule has 1 aliphatic heterocycles. The van der Waals surface area contributed by atoms with E-state index in [0.717, 1.165) is 23.3 Å². The van der Waals surface area contributed by atoms with Crippen molar-refractivity contribution in [3.63, 3.8) is 0 Å². The normalized spacial score (nSPS) is 28.1. The van der Waals surface area contributed by atoms with E-state index in [9.17, 15) is 8.42 Å². The van der Waals surface area contributed by atoms with Gasteiger partial charge in [0.1, 0.15) is 4.90 Å². The first-order valence-electron chi connectivity index (χ1n) is 6.33. The van der Waals surface area contributed by atoms with Gasteiger partial charge < -0.3 is 5.73 Å². The molecule has 2 bridgehead atoms. The molecule has 2 aliphatic rings. The van der Waals surface area contributed by atoms with Crippen molar-refractivity contribution in [2.45, 2.75) is 43.7 Å². The second-order valence-electron chi connectivity index (χ2n) is 5.28. The molecule has 4 nitrogen and oxygen atoms in total. The third-order valence-electron chi connectivity index (χ3n) is 4.10. The fourth-order valence-electron chi connectivity index (χ4n) is 3.27. The topological polar surface area (TPSA) is 63.4 Å². The van der Waals surface area contributed by atoms with Crippen LogP contribution in [-0.4, -0.2) is 25.3 Å². The fourth-order valence-corrected chi connectivity index (χ4v) is 6.66. The van der Waals surface area contributed by atoms with Crippen LogP contribution in [0, 0.1) is 12.8 Å². The summed E-state index contributed by atoms with van der Waals surface area (Å²) in [5.41, 5.74) is 6.50. The smallest absolute Gasteiger partial charge is 0.244 e. The van der Waals surface area contributed by atoms with Crippen LogP contribution in [0.1, 0.15) is 29.7 Å². The second-order valence-corrected chi connectivity index (χ2v) is 8.07. The number of piperidine rings is 1. The number of hydrogen-bond donors (Lipinski definition) is 1. The number of rotatable bonds is 3. The highest BCUT2D eigenvalue weighted by Gasteiger charge is 2.45. The molecular weight excluding hydrogens is 268 g/mol. The number of aryl methyl sites for hydroxylation is 1. The van der Waals surface area contributed by atoms with Gasteiger partial charge in [0.2, 0.25) is 10.0 Å². The Kier molecular flexibility index (Phi) is 3.01. The number of hydrogen-bond acceptors (Lipinski definition) is 4. The molecule has 3 rings (SSSR count). The van der Waals surface area contributed by atoms with Crippen molar-refractivity contribution in [3.05, 3.63) is 15.8 Å². The number of fused-ring (bicyclic) bond motifs is 2. The minimum atomic E-state index is -3.34. The lowest BCUT2D eigenvalue weighted by Crippen LogP contribution is -2.38. The summed E-state index contributed by atoms with van der Waals surface area (Å²) in [6.07, 6.45) is 3.24. The molecule has 1 saturated heterocycles. The number of thiophene rings is 1. The van der Waals surface area contributed by atoms with E-state index in [1.165, 1.54) is 17.8 Å². The van der Waals surface area contributed by atoms with Crippen molar-refractivity contribution in [1.29, 1.82) is 0 Å². The highest BCUT2D eigenvalue weighted by Crippen LogP contribution is 2.42. The van der Waals surface area contributed by atoms with Gasteiger partial charge in [-0.05, 0) is 43.0 Å². The molecule has 18 heavy (non-hydrogen) atoms. The Balaban J connectivity index is 2.02.